The molecule has 3 nitrogen and oxygen atoms in total. The second-order valence-electron chi connectivity index (χ2n) is 4.68. The minimum Gasteiger partial charge on any atom is -0.383 e. The molecule has 4 heteroatoms. The van der Waals surface area contributed by atoms with Gasteiger partial charge in [0.2, 0.25) is 0 Å². The number of methoxy groups -OCH3 is 1. The van der Waals surface area contributed by atoms with E-state index in [4.69, 9.17) is 16.3 Å². The Bertz CT molecular complexity index is 180. The Labute approximate surface area is 104 Å². The number of hydrogen-bond donors (Lipinski definition) is 1. The van der Waals surface area contributed by atoms with E-state index >= 15 is 0 Å². The van der Waals surface area contributed by atoms with Gasteiger partial charge in [0.05, 0.1) is 12.0 Å². The molecular formula is C12H25ClN2O. The summed E-state index contributed by atoms with van der Waals surface area (Å²) in [5.41, 5.74) is 0. The van der Waals surface area contributed by atoms with Crippen LogP contribution in [0.3, 0.4) is 0 Å². The zero-order valence-corrected chi connectivity index (χ0v) is 11.3. The molecule has 0 aromatic rings. The monoisotopic (exact) mass is 248 g/mol. The van der Waals surface area contributed by atoms with Crippen molar-refractivity contribution in [3.63, 3.8) is 0 Å². The molecule has 96 valence electrons. The van der Waals surface area contributed by atoms with Crippen LogP contribution in [-0.4, -0.2) is 56.7 Å². The molecule has 1 aliphatic heterocycles. The molecule has 0 saturated carbocycles. The number of hydrogen-bond acceptors (Lipinski definition) is 3. The fraction of sp³-hybridized carbons (Fsp3) is 1.00. The second-order valence-corrected chi connectivity index (χ2v) is 5.29. The first-order valence-corrected chi connectivity index (χ1v) is 6.71. The van der Waals surface area contributed by atoms with Crippen LogP contribution in [0.15, 0.2) is 0 Å². The van der Waals surface area contributed by atoms with Gasteiger partial charge in [0, 0.05) is 19.7 Å². The maximum Gasteiger partial charge on any atom is 0.0693 e. The van der Waals surface area contributed by atoms with Crippen molar-refractivity contribution in [3.8, 4) is 0 Å². The number of nitrogens with one attached hydrogen (secondary N) is 1. The van der Waals surface area contributed by atoms with Crippen molar-refractivity contribution in [2.45, 2.75) is 37.1 Å². The summed E-state index contributed by atoms with van der Waals surface area (Å²) >= 11 is 6.03. The lowest BCUT2D eigenvalue weighted by molar-refractivity contribution is 0.174. The number of piperidine rings is 1. The van der Waals surface area contributed by atoms with E-state index in [1.165, 1.54) is 32.2 Å². The number of likely N-dealkylation sites (tertiary alicyclic amines) is 1. The minimum absolute atomic E-state index is 0.0917. The topological polar surface area (TPSA) is 24.5 Å². The number of alkyl halides is 1. The third kappa shape index (κ3) is 5.48. The zero-order valence-electron chi connectivity index (χ0n) is 10.5. The summed E-state index contributed by atoms with van der Waals surface area (Å²) in [4.78, 5) is 2.48. The van der Waals surface area contributed by atoms with Crippen LogP contribution in [0.5, 0.6) is 0 Å². The van der Waals surface area contributed by atoms with Crippen LogP contribution < -0.4 is 5.32 Å². The molecule has 0 aromatic carbocycles. The highest BCUT2D eigenvalue weighted by molar-refractivity contribution is 6.20. The quantitative estimate of drug-likeness (QED) is 0.548. The lowest BCUT2D eigenvalue weighted by Crippen LogP contribution is -2.39. The van der Waals surface area contributed by atoms with Gasteiger partial charge in [-0.2, -0.15) is 0 Å². The van der Waals surface area contributed by atoms with Crippen molar-refractivity contribution in [1.29, 1.82) is 0 Å². The molecule has 16 heavy (non-hydrogen) atoms. The van der Waals surface area contributed by atoms with Crippen molar-refractivity contribution >= 4 is 11.6 Å². The van der Waals surface area contributed by atoms with Gasteiger partial charge in [0.25, 0.3) is 0 Å². The van der Waals surface area contributed by atoms with Crippen LogP contribution in [-0.2, 0) is 4.74 Å². The van der Waals surface area contributed by atoms with Gasteiger partial charge in [-0.3, -0.25) is 0 Å². The van der Waals surface area contributed by atoms with E-state index in [2.05, 4.69) is 17.3 Å². The van der Waals surface area contributed by atoms with Gasteiger partial charge in [-0.1, -0.05) is 6.42 Å². The maximum atomic E-state index is 6.03. The average molecular weight is 249 g/mol. The summed E-state index contributed by atoms with van der Waals surface area (Å²) in [6.45, 7) is 3.78. The molecule has 0 spiro atoms. The molecular weight excluding hydrogens is 224 g/mol. The summed E-state index contributed by atoms with van der Waals surface area (Å²) in [5.74, 6) is 0. The fourth-order valence-electron chi connectivity index (χ4n) is 2.28. The van der Waals surface area contributed by atoms with Crippen LogP contribution in [0.2, 0.25) is 0 Å². The molecule has 0 bridgehead atoms. The first-order chi connectivity index (χ1) is 7.74. The smallest absolute Gasteiger partial charge is 0.0693 e. The summed E-state index contributed by atoms with van der Waals surface area (Å²) in [6, 6.07) is 0.762. The van der Waals surface area contributed by atoms with Crippen LogP contribution in [0.1, 0.15) is 25.7 Å². The van der Waals surface area contributed by atoms with Gasteiger partial charge in [-0.15, -0.1) is 11.6 Å². The first-order valence-electron chi connectivity index (χ1n) is 6.28. The molecule has 0 radical (unpaired) electrons. The van der Waals surface area contributed by atoms with E-state index in [0.717, 1.165) is 19.1 Å². The molecule has 0 aromatic heterocycles. The minimum atomic E-state index is 0.0917. The van der Waals surface area contributed by atoms with E-state index in [9.17, 15) is 0 Å². The van der Waals surface area contributed by atoms with Crippen LogP contribution in [0.25, 0.3) is 0 Å². The highest BCUT2D eigenvalue weighted by atomic mass is 35.5. The Morgan fingerprint density at radius 2 is 2.31 bits per heavy atom. The van der Waals surface area contributed by atoms with Crippen molar-refractivity contribution in [3.05, 3.63) is 0 Å². The van der Waals surface area contributed by atoms with Crippen LogP contribution in [0.4, 0.5) is 0 Å². The Morgan fingerprint density at radius 1 is 1.50 bits per heavy atom. The van der Waals surface area contributed by atoms with E-state index in [-0.39, 0.29) is 5.38 Å². The summed E-state index contributed by atoms with van der Waals surface area (Å²) < 4.78 is 4.99. The summed E-state index contributed by atoms with van der Waals surface area (Å²) in [6.07, 6.45) is 5.32. The van der Waals surface area contributed by atoms with E-state index in [0.29, 0.717) is 6.61 Å². The molecule has 1 rings (SSSR count). The molecule has 1 aliphatic rings. The number of halogens is 1. The normalized spacial score (nSPS) is 24.6. The highest BCUT2D eigenvalue weighted by Crippen LogP contribution is 2.16. The van der Waals surface area contributed by atoms with E-state index < -0.39 is 0 Å². The maximum absolute atomic E-state index is 6.03. The van der Waals surface area contributed by atoms with Gasteiger partial charge in [-0.05, 0) is 39.4 Å². The summed E-state index contributed by atoms with van der Waals surface area (Å²) in [7, 11) is 3.92. The van der Waals surface area contributed by atoms with Gasteiger partial charge in [0.1, 0.15) is 0 Å². The average Bonchev–Trinajstić information content (AvgIpc) is 2.27. The second kappa shape index (κ2) is 8.29. The molecule has 0 aliphatic carbocycles. The Kier molecular flexibility index (Phi) is 7.37. The molecule has 1 heterocycles. The van der Waals surface area contributed by atoms with E-state index in [1.807, 2.05) is 0 Å². The lowest BCUT2D eigenvalue weighted by atomic mass is 10.0. The van der Waals surface area contributed by atoms with Gasteiger partial charge in [0.15, 0.2) is 0 Å². The molecule has 0 amide bonds. The third-order valence-electron chi connectivity index (χ3n) is 3.29. The predicted octanol–water partition coefficient (Wildman–Crippen LogP) is 1.70. The zero-order chi connectivity index (χ0) is 11.8. The molecule has 2 atom stereocenters. The molecule has 1 N–H and O–H groups in total. The third-order valence-corrected chi connectivity index (χ3v) is 3.57. The summed E-state index contributed by atoms with van der Waals surface area (Å²) in [5, 5.41) is 3.49. The van der Waals surface area contributed by atoms with Crippen molar-refractivity contribution in [2.75, 3.05) is 40.4 Å². The highest BCUT2D eigenvalue weighted by Gasteiger charge is 2.17. The first kappa shape index (κ1) is 14.2. The lowest BCUT2D eigenvalue weighted by Gasteiger charge is -2.32. The number of ether oxygens (including phenoxy) is 1. The Balaban J connectivity index is 2.01. The predicted molar refractivity (Wildman–Crippen MR) is 69.3 cm³/mol. The van der Waals surface area contributed by atoms with Crippen molar-refractivity contribution < 1.29 is 4.74 Å². The van der Waals surface area contributed by atoms with Crippen LogP contribution in [0, 0.1) is 0 Å². The fourth-order valence-corrected chi connectivity index (χ4v) is 2.51. The Hall–Kier alpha value is 0.170. The Morgan fingerprint density at radius 3 is 3.00 bits per heavy atom. The van der Waals surface area contributed by atoms with Crippen LogP contribution >= 0.6 is 11.6 Å². The van der Waals surface area contributed by atoms with Gasteiger partial charge < -0.3 is 15.0 Å². The van der Waals surface area contributed by atoms with Gasteiger partial charge in [-0.25, -0.2) is 0 Å². The molecule has 2 unspecified atom stereocenters. The van der Waals surface area contributed by atoms with Crippen molar-refractivity contribution in [2.24, 2.45) is 0 Å². The van der Waals surface area contributed by atoms with Crippen molar-refractivity contribution in [1.82, 2.24) is 10.2 Å². The largest absolute Gasteiger partial charge is 0.383 e. The number of nitrogens with zero attached hydrogens (tertiary/aromatic N) is 1. The number of rotatable bonds is 7. The SMILES string of the molecule is COCC(Cl)CNCCC1CCCCN1C. The standard InChI is InChI=1S/C12H25ClN2O/c1-15-8-4-3-5-12(15)6-7-14-9-11(13)10-16-2/h11-12,14H,3-10H2,1-2H3. The van der Waals surface area contributed by atoms with E-state index in [1.54, 1.807) is 7.11 Å². The van der Waals surface area contributed by atoms with Gasteiger partial charge >= 0.3 is 0 Å². The molecule has 1 fully saturated rings. The molecule has 1 saturated heterocycles.